The number of rotatable bonds is 5. The van der Waals surface area contributed by atoms with E-state index in [1.165, 1.54) is 12.1 Å². The lowest BCUT2D eigenvalue weighted by Gasteiger charge is -2.04. The minimum Gasteiger partial charge on any atom is -0.462 e. The molecule has 0 saturated heterocycles. The minimum absolute atomic E-state index is 0.0941. The van der Waals surface area contributed by atoms with Crippen LogP contribution < -0.4 is 5.32 Å². The molecule has 7 nitrogen and oxygen atoms in total. The van der Waals surface area contributed by atoms with Gasteiger partial charge in [0.25, 0.3) is 5.69 Å². The van der Waals surface area contributed by atoms with Gasteiger partial charge in [-0.1, -0.05) is 11.6 Å². The molecule has 0 heterocycles. The quantitative estimate of drug-likeness (QED) is 0.294. The summed E-state index contributed by atoms with van der Waals surface area (Å²) in [5.41, 5.74) is -0.0639. The second kappa shape index (κ2) is 7.11. The van der Waals surface area contributed by atoms with E-state index in [0.717, 1.165) is 12.3 Å². The number of hydrogen-bond donors (Lipinski definition) is 1. The number of nitrogens with zero attached hydrogens (tertiary/aromatic N) is 2. The second-order valence-electron chi connectivity index (χ2n) is 3.46. The van der Waals surface area contributed by atoms with Crippen molar-refractivity contribution in [2.75, 3.05) is 11.9 Å². The molecule has 0 aliphatic rings. The third-order valence-electron chi connectivity index (χ3n) is 2.15. The maximum Gasteiger partial charge on any atom is 0.350 e. The molecule has 0 aromatic heterocycles. The Kier molecular flexibility index (Phi) is 5.50. The van der Waals surface area contributed by atoms with Crippen LogP contribution in [0.5, 0.6) is 0 Å². The minimum atomic E-state index is -0.763. The Morgan fingerprint density at radius 3 is 2.85 bits per heavy atom. The average molecular weight is 296 g/mol. The summed E-state index contributed by atoms with van der Waals surface area (Å²) in [7, 11) is 0. The number of nitro benzene ring substituents is 1. The number of carbonyl (C=O) groups excluding carboxylic acids is 1. The number of carbonyl (C=O) groups is 1. The average Bonchev–Trinajstić information content (AvgIpc) is 2.41. The number of nitrogens with one attached hydrogen (secondary N) is 1. The fourth-order valence-electron chi connectivity index (χ4n) is 1.23. The summed E-state index contributed by atoms with van der Waals surface area (Å²) in [6.07, 6.45) is 1.13. The number of anilines is 1. The van der Waals surface area contributed by atoms with Crippen molar-refractivity contribution in [2.45, 2.75) is 6.92 Å². The molecule has 0 unspecified atom stereocenters. The molecule has 0 saturated carbocycles. The molecule has 0 fully saturated rings. The predicted octanol–water partition coefficient (Wildman–Crippen LogP) is 2.63. The molecule has 1 rings (SSSR count). The summed E-state index contributed by atoms with van der Waals surface area (Å²) in [5, 5.41) is 22.1. The van der Waals surface area contributed by atoms with Crippen molar-refractivity contribution in [3.63, 3.8) is 0 Å². The highest BCUT2D eigenvalue weighted by molar-refractivity contribution is 6.33. The first kappa shape index (κ1) is 15.5. The Hall–Kier alpha value is -2.59. The molecule has 0 bridgehead atoms. The van der Waals surface area contributed by atoms with E-state index in [0.29, 0.717) is 5.69 Å². The standard InChI is InChI=1S/C12H10ClN3O4/c1-2-20-12(17)8(6-14)7-15-11-4-3-9(16(18)19)5-10(11)13/h3-5,7,15H,2H2,1H3. The van der Waals surface area contributed by atoms with Crippen molar-refractivity contribution in [1.82, 2.24) is 0 Å². The number of benzene rings is 1. The molecule has 1 aromatic rings. The number of esters is 1. The molecule has 1 aromatic carbocycles. The highest BCUT2D eigenvalue weighted by Gasteiger charge is 2.11. The molecular formula is C12H10ClN3O4. The van der Waals surface area contributed by atoms with Gasteiger partial charge in [-0.15, -0.1) is 0 Å². The lowest BCUT2D eigenvalue weighted by atomic mass is 10.2. The molecular weight excluding hydrogens is 286 g/mol. The summed E-state index contributed by atoms with van der Waals surface area (Å²) in [6, 6.07) is 5.46. The molecule has 0 spiro atoms. The van der Waals surface area contributed by atoms with Gasteiger partial charge in [-0.2, -0.15) is 5.26 Å². The topological polar surface area (TPSA) is 105 Å². The Bertz CT molecular complexity index is 607. The second-order valence-corrected chi connectivity index (χ2v) is 3.86. The van der Waals surface area contributed by atoms with E-state index in [1.807, 2.05) is 0 Å². The highest BCUT2D eigenvalue weighted by atomic mass is 35.5. The van der Waals surface area contributed by atoms with Crippen molar-refractivity contribution in [1.29, 1.82) is 5.26 Å². The number of nitro groups is 1. The third-order valence-corrected chi connectivity index (χ3v) is 2.46. The fraction of sp³-hybridized carbons (Fsp3) is 0.167. The first-order valence-corrected chi connectivity index (χ1v) is 5.85. The summed E-state index contributed by atoms with van der Waals surface area (Å²) in [5.74, 6) is -0.763. The lowest BCUT2D eigenvalue weighted by molar-refractivity contribution is -0.384. The normalized spacial score (nSPS) is 10.6. The van der Waals surface area contributed by atoms with Crippen molar-refractivity contribution in [3.8, 4) is 6.07 Å². The molecule has 104 valence electrons. The Labute approximate surface area is 119 Å². The monoisotopic (exact) mass is 295 g/mol. The summed E-state index contributed by atoms with van der Waals surface area (Å²) < 4.78 is 4.67. The van der Waals surface area contributed by atoms with Gasteiger partial charge in [-0.3, -0.25) is 10.1 Å². The third kappa shape index (κ3) is 3.96. The van der Waals surface area contributed by atoms with Crippen LogP contribution in [0.25, 0.3) is 0 Å². The Morgan fingerprint density at radius 2 is 2.35 bits per heavy atom. The van der Waals surface area contributed by atoms with E-state index >= 15 is 0 Å². The van der Waals surface area contributed by atoms with Crippen LogP contribution in [0.1, 0.15) is 6.92 Å². The van der Waals surface area contributed by atoms with E-state index in [1.54, 1.807) is 13.0 Å². The molecule has 0 amide bonds. The van der Waals surface area contributed by atoms with Gasteiger partial charge in [-0.25, -0.2) is 4.79 Å². The molecule has 1 N–H and O–H groups in total. The zero-order chi connectivity index (χ0) is 15.1. The summed E-state index contributed by atoms with van der Waals surface area (Å²) >= 11 is 5.85. The van der Waals surface area contributed by atoms with Gasteiger partial charge in [0.1, 0.15) is 6.07 Å². The Morgan fingerprint density at radius 1 is 1.65 bits per heavy atom. The van der Waals surface area contributed by atoms with E-state index in [2.05, 4.69) is 10.1 Å². The number of non-ortho nitro benzene ring substituents is 1. The van der Waals surface area contributed by atoms with Crippen LogP contribution >= 0.6 is 11.6 Å². The van der Waals surface area contributed by atoms with Crippen molar-refractivity contribution < 1.29 is 14.5 Å². The maximum absolute atomic E-state index is 11.3. The van der Waals surface area contributed by atoms with Crippen LogP contribution in [-0.4, -0.2) is 17.5 Å². The zero-order valence-electron chi connectivity index (χ0n) is 10.4. The van der Waals surface area contributed by atoms with Crippen LogP contribution in [0.15, 0.2) is 30.0 Å². The molecule has 0 aliphatic carbocycles. The van der Waals surface area contributed by atoms with Crippen LogP contribution in [0.4, 0.5) is 11.4 Å². The first-order valence-electron chi connectivity index (χ1n) is 5.47. The van der Waals surface area contributed by atoms with Gasteiger partial charge < -0.3 is 10.1 Å². The van der Waals surface area contributed by atoms with E-state index < -0.39 is 10.9 Å². The SMILES string of the molecule is CCOC(=O)C(C#N)=CNc1ccc([N+](=O)[O-])cc1Cl. The van der Waals surface area contributed by atoms with Gasteiger partial charge in [0.2, 0.25) is 0 Å². The molecule has 0 atom stereocenters. The summed E-state index contributed by atoms with van der Waals surface area (Å²) in [6.45, 7) is 1.77. The van der Waals surface area contributed by atoms with Crippen LogP contribution in [0, 0.1) is 21.4 Å². The van der Waals surface area contributed by atoms with Crippen molar-refractivity contribution in [3.05, 3.63) is 45.1 Å². The molecule has 0 aliphatic heterocycles. The van der Waals surface area contributed by atoms with E-state index in [-0.39, 0.29) is 22.9 Å². The number of hydrogen-bond acceptors (Lipinski definition) is 6. The van der Waals surface area contributed by atoms with E-state index in [9.17, 15) is 14.9 Å². The van der Waals surface area contributed by atoms with Crippen LogP contribution in [0.2, 0.25) is 5.02 Å². The molecule has 20 heavy (non-hydrogen) atoms. The van der Waals surface area contributed by atoms with Gasteiger partial charge in [0.05, 0.1) is 22.2 Å². The summed E-state index contributed by atoms with van der Waals surface area (Å²) in [4.78, 5) is 21.3. The van der Waals surface area contributed by atoms with E-state index in [4.69, 9.17) is 16.9 Å². The maximum atomic E-state index is 11.3. The molecule has 8 heteroatoms. The number of halogens is 1. The largest absolute Gasteiger partial charge is 0.462 e. The number of nitriles is 1. The predicted molar refractivity (Wildman–Crippen MR) is 72.1 cm³/mol. The van der Waals surface area contributed by atoms with Crippen molar-refractivity contribution in [2.24, 2.45) is 0 Å². The van der Waals surface area contributed by atoms with Gasteiger partial charge in [0, 0.05) is 18.3 Å². The zero-order valence-corrected chi connectivity index (χ0v) is 11.2. The van der Waals surface area contributed by atoms with Crippen LogP contribution in [0.3, 0.4) is 0 Å². The van der Waals surface area contributed by atoms with Crippen molar-refractivity contribution >= 4 is 28.9 Å². The first-order chi connectivity index (χ1) is 9.49. The number of ether oxygens (including phenoxy) is 1. The lowest BCUT2D eigenvalue weighted by Crippen LogP contribution is -2.08. The molecule has 0 radical (unpaired) electrons. The Balaban J connectivity index is 2.91. The van der Waals surface area contributed by atoms with Gasteiger partial charge in [0.15, 0.2) is 5.57 Å². The fourth-order valence-corrected chi connectivity index (χ4v) is 1.46. The van der Waals surface area contributed by atoms with Crippen LogP contribution in [-0.2, 0) is 9.53 Å². The van der Waals surface area contributed by atoms with Gasteiger partial charge >= 0.3 is 5.97 Å². The smallest absolute Gasteiger partial charge is 0.350 e. The van der Waals surface area contributed by atoms with Gasteiger partial charge in [-0.05, 0) is 13.0 Å². The highest BCUT2D eigenvalue weighted by Crippen LogP contribution is 2.26.